The lowest BCUT2D eigenvalue weighted by Crippen LogP contribution is -2.33. The predicted molar refractivity (Wildman–Crippen MR) is 68.2 cm³/mol. The Kier molecular flexibility index (Phi) is 3.06. The highest BCUT2D eigenvalue weighted by molar-refractivity contribution is 6.37. The number of primary amides is 1. The summed E-state index contributed by atoms with van der Waals surface area (Å²) in [5, 5.41) is 0. The Morgan fingerprint density at radius 3 is 2.82 bits per heavy atom. The van der Waals surface area contributed by atoms with Crippen LogP contribution in [-0.4, -0.2) is 17.7 Å². The van der Waals surface area contributed by atoms with Gasteiger partial charge in [-0.25, -0.2) is 0 Å². The van der Waals surface area contributed by atoms with Crippen molar-refractivity contribution in [2.24, 2.45) is 22.4 Å². The largest absolute Gasteiger partial charge is 0.365 e. The normalized spacial score (nSPS) is 27.3. The van der Waals surface area contributed by atoms with E-state index in [0.717, 1.165) is 11.3 Å². The quantitative estimate of drug-likeness (QED) is 0.687. The maximum absolute atomic E-state index is 11.0. The van der Waals surface area contributed by atoms with Gasteiger partial charge in [-0.3, -0.25) is 9.79 Å². The molecule has 0 bridgehead atoms. The molecule has 0 saturated carbocycles. The lowest BCUT2D eigenvalue weighted by Gasteiger charge is -2.28. The molecule has 2 aliphatic rings. The van der Waals surface area contributed by atoms with E-state index >= 15 is 0 Å². The molecule has 0 aromatic heterocycles. The van der Waals surface area contributed by atoms with Crippen LogP contribution in [0.5, 0.6) is 0 Å². The van der Waals surface area contributed by atoms with Crippen LogP contribution in [0.15, 0.2) is 52.7 Å². The minimum absolute atomic E-state index is 0.0132. The molecule has 2 atom stereocenters. The van der Waals surface area contributed by atoms with Crippen LogP contribution in [0.4, 0.5) is 0 Å². The minimum atomic E-state index is -0.508. The molecule has 88 valence electrons. The summed E-state index contributed by atoms with van der Waals surface area (Å²) < 4.78 is 0. The molecule has 0 heterocycles. The highest BCUT2D eigenvalue weighted by Gasteiger charge is 2.26. The molecule has 2 unspecified atom stereocenters. The summed E-state index contributed by atoms with van der Waals surface area (Å²) in [6.07, 6.45) is 11.7. The molecule has 4 nitrogen and oxygen atoms in total. The Morgan fingerprint density at radius 2 is 2.12 bits per heavy atom. The van der Waals surface area contributed by atoms with Crippen LogP contribution in [0, 0.1) is 5.92 Å². The molecule has 0 fully saturated rings. The zero-order chi connectivity index (χ0) is 12.4. The van der Waals surface area contributed by atoms with Crippen LogP contribution in [0.2, 0.25) is 0 Å². The standard InChI is InChI=1S/C13H15N3O/c1-8(13(15)17)16-11-7-3-5-9-4-2-6-10(14)12(9)11/h2-7,10,12H,14H2,1H3,(H2,15,17). The number of nitrogens with two attached hydrogens (primary N) is 2. The highest BCUT2D eigenvalue weighted by atomic mass is 16.1. The van der Waals surface area contributed by atoms with Gasteiger partial charge >= 0.3 is 0 Å². The zero-order valence-corrected chi connectivity index (χ0v) is 9.63. The average Bonchev–Trinajstić information content (AvgIpc) is 2.29. The van der Waals surface area contributed by atoms with Crippen LogP contribution in [0.25, 0.3) is 0 Å². The number of hydrogen-bond acceptors (Lipinski definition) is 3. The van der Waals surface area contributed by atoms with E-state index in [0.29, 0.717) is 5.71 Å². The van der Waals surface area contributed by atoms with Crippen molar-refractivity contribution >= 4 is 11.6 Å². The van der Waals surface area contributed by atoms with Gasteiger partial charge in [0.05, 0.1) is 5.70 Å². The van der Waals surface area contributed by atoms with E-state index < -0.39 is 5.91 Å². The molecule has 4 N–H and O–H groups in total. The molecule has 0 aromatic carbocycles. The summed E-state index contributed by atoms with van der Waals surface area (Å²) >= 11 is 0. The first-order valence-corrected chi connectivity index (χ1v) is 5.47. The van der Waals surface area contributed by atoms with Gasteiger partial charge in [0, 0.05) is 12.0 Å². The second-order valence-electron chi connectivity index (χ2n) is 4.12. The summed E-state index contributed by atoms with van der Waals surface area (Å²) in [6, 6.07) is -0.115. The summed E-state index contributed by atoms with van der Waals surface area (Å²) in [4.78, 5) is 15.3. The maximum atomic E-state index is 11.0. The first-order valence-electron chi connectivity index (χ1n) is 5.47. The third kappa shape index (κ3) is 2.26. The first kappa shape index (κ1) is 11.5. The van der Waals surface area contributed by atoms with Gasteiger partial charge in [0.2, 0.25) is 0 Å². The SMILES string of the molecule is CC(=NC1=CC=CC2=CC=CC(N)C21)C(N)=O. The third-order valence-electron chi connectivity index (χ3n) is 2.89. The Bertz CT molecular complexity index is 495. The van der Waals surface area contributed by atoms with Crippen molar-refractivity contribution in [3.63, 3.8) is 0 Å². The summed E-state index contributed by atoms with van der Waals surface area (Å²) in [5.41, 5.74) is 13.4. The second kappa shape index (κ2) is 4.51. The first-order chi connectivity index (χ1) is 8.09. The van der Waals surface area contributed by atoms with E-state index in [1.165, 1.54) is 0 Å². The van der Waals surface area contributed by atoms with Crippen LogP contribution in [0.1, 0.15) is 6.92 Å². The molecular weight excluding hydrogens is 214 g/mol. The Morgan fingerprint density at radius 1 is 1.35 bits per heavy atom. The number of rotatable bonds is 2. The van der Waals surface area contributed by atoms with Crippen LogP contribution < -0.4 is 11.5 Å². The molecule has 4 heteroatoms. The van der Waals surface area contributed by atoms with Crippen molar-refractivity contribution in [2.75, 3.05) is 0 Å². The highest BCUT2D eigenvalue weighted by Crippen LogP contribution is 2.31. The van der Waals surface area contributed by atoms with Crippen molar-refractivity contribution in [2.45, 2.75) is 13.0 Å². The average molecular weight is 229 g/mol. The van der Waals surface area contributed by atoms with E-state index in [1.807, 2.05) is 36.5 Å². The molecule has 0 radical (unpaired) electrons. The fourth-order valence-electron chi connectivity index (χ4n) is 1.98. The predicted octanol–water partition coefficient (Wildman–Crippen LogP) is 0.826. The van der Waals surface area contributed by atoms with E-state index in [4.69, 9.17) is 11.5 Å². The smallest absolute Gasteiger partial charge is 0.262 e. The summed E-state index contributed by atoms with van der Waals surface area (Å²) in [5.74, 6) is -0.495. The minimum Gasteiger partial charge on any atom is -0.365 e. The lowest BCUT2D eigenvalue weighted by atomic mass is 9.82. The number of fused-ring (bicyclic) bond motifs is 1. The van der Waals surface area contributed by atoms with Crippen LogP contribution in [0.3, 0.4) is 0 Å². The van der Waals surface area contributed by atoms with E-state index in [-0.39, 0.29) is 12.0 Å². The van der Waals surface area contributed by atoms with Gasteiger partial charge in [-0.15, -0.1) is 0 Å². The molecule has 0 saturated heterocycles. The van der Waals surface area contributed by atoms with Gasteiger partial charge in [0.15, 0.2) is 0 Å². The second-order valence-corrected chi connectivity index (χ2v) is 4.12. The number of carbonyl (C=O) groups excluding carboxylic acids is 1. The molecule has 2 aliphatic carbocycles. The monoisotopic (exact) mass is 229 g/mol. The zero-order valence-electron chi connectivity index (χ0n) is 9.63. The number of carbonyl (C=O) groups is 1. The van der Waals surface area contributed by atoms with Crippen molar-refractivity contribution in [1.82, 2.24) is 0 Å². The Hall–Kier alpha value is -1.94. The Labute approximate surface area is 100 Å². The van der Waals surface area contributed by atoms with Gasteiger partial charge in [-0.05, 0) is 18.6 Å². The van der Waals surface area contributed by atoms with E-state index in [1.54, 1.807) is 6.92 Å². The number of nitrogens with zero attached hydrogens (tertiary/aromatic N) is 1. The third-order valence-corrected chi connectivity index (χ3v) is 2.89. The van der Waals surface area contributed by atoms with Gasteiger partial charge in [-0.2, -0.15) is 0 Å². The fraction of sp³-hybridized carbons (Fsp3) is 0.231. The van der Waals surface area contributed by atoms with Crippen molar-refractivity contribution in [3.8, 4) is 0 Å². The molecule has 1 amide bonds. The summed E-state index contributed by atoms with van der Waals surface area (Å²) in [7, 11) is 0. The van der Waals surface area contributed by atoms with Gasteiger partial charge < -0.3 is 11.5 Å². The van der Waals surface area contributed by atoms with Gasteiger partial charge in [0.25, 0.3) is 5.91 Å². The van der Waals surface area contributed by atoms with Crippen LogP contribution in [-0.2, 0) is 4.79 Å². The van der Waals surface area contributed by atoms with Crippen LogP contribution >= 0.6 is 0 Å². The number of hydrogen-bond donors (Lipinski definition) is 2. The number of allylic oxidation sites excluding steroid dienone is 5. The molecule has 17 heavy (non-hydrogen) atoms. The van der Waals surface area contributed by atoms with Crippen molar-refractivity contribution in [1.29, 1.82) is 0 Å². The van der Waals surface area contributed by atoms with Gasteiger partial charge in [-0.1, -0.05) is 30.4 Å². The fourth-order valence-corrected chi connectivity index (χ4v) is 1.98. The molecule has 0 spiro atoms. The molecular formula is C13H15N3O. The van der Waals surface area contributed by atoms with Gasteiger partial charge in [0.1, 0.15) is 5.71 Å². The number of aliphatic imine (C=N–C) groups is 1. The maximum Gasteiger partial charge on any atom is 0.262 e. The molecule has 0 aromatic rings. The van der Waals surface area contributed by atoms with E-state index in [9.17, 15) is 4.79 Å². The van der Waals surface area contributed by atoms with Crippen molar-refractivity contribution < 1.29 is 4.79 Å². The molecule has 0 aliphatic heterocycles. The topological polar surface area (TPSA) is 81.5 Å². The Balaban J connectivity index is 2.36. The van der Waals surface area contributed by atoms with Crippen molar-refractivity contribution in [3.05, 3.63) is 47.7 Å². The molecule has 2 rings (SSSR count). The lowest BCUT2D eigenvalue weighted by molar-refractivity contribution is -0.112. The number of amides is 1. The van der Waals surface area contributed by atoms with E-state index in [2.05, 4.69) is 4.99 Å². The summed E-state index contributed by atoms with van der Waals surface area (Å²) in [6.45, 7) is 1.61.